The second-order valence-electron chi connectivity index (χ2n) is 7.23. The maximum Gasteiger partial charge on any atom is 0.189 e. The fourth-order valence-electron chi connectivity index (χ4n) is 3.75. The Balaban J connectivity index is 0.00000240. The van der Waals surface area contributed by atoms with E-state index >= 15 is 0 Å². The molecule has 4 rings (SSSR count). The van der Waals surface area contributed by atoms with Gasteiger partial charge in [0.05, 0.1) is 32.4 Å². The lowest BCUT2D eigenvalue weighted by atomic mass is 10.0. The Morgan fingerprint density at radius 3 is 2.59 bits per heavy atom. The number of guanidine groups is 1. The maximum absolute atomic E-state index is 6.21. The molecule has 6 nitrogen and oxygen atoms in total. The average molecular weight is 508 g/mol. The van der Waals surface area contributed by atoms with Crippen molar-refractivity contribution < 1.29 is 9.47 Å². The lowest BCUT2D eigenvalue weighted by Gasteiger charge is -2.27. The number of aliphatic imine (C=N–C) groups is 1. The van der Waals surface area contributed by atoms with Gasteiger partial charge in [0.1, 0.15) is 5.75 Å². The van der Waals surface area contributed by atoms with E-state index in [9.17, 15) is 0 Å². The quantitative estimate of drug-likeness (QED) is 0.369. The molecular weight excluding hydrogens is 479 g/mol. The Bertz CT molecular complexity index is 824. The molecule has 156 valence electrons. The molecule has 29 heavy (non-hydrogen) atoms. The van der Waals surface area contributed by atoms with E-state index in [1.165, 1.54) is 11.1 Å². The molecular formula is C22H29IN4O2. The van der Waals surface area contributed by atoms with Gasteiger partial charge in [-0.25, -0.2) is 4.99 Å². The first-order valence-corrected chi connectivity index (χ1v) is 9.94. The molecule has 7 heteroatoms. The van der Waals surface area contributed by atoms with Crippen LogP contribution in [0.4, 0.5) is 0 Å². The smallest absolute Gasteiger partial charge is 0.189 e. The average Bonchev–Trinajstić information content (AvgIpc) is 2.74. The molecule has 0 spiro atoms. The number of nitrogens with one attached hydrogen (secondary N) is 1. The van der Waals surface area contributed by atoms with Crippen LogP contribution in [0.5, 0.6) is 5.75 Å². The van der Waals surface area contributed by atoms with Crippen molar-refractivity contribution in [3.63, 3.8) is 0 Å². The minimum Gasteiger partial charge on any atom is -0.493 e. The zero-order chi connectivity index (χ0) is 19.2. The predicted molar refractivity (Wildman–Crippen MR) is 126 cm³/mol. The lowest BCUT2D eigenvalue weighted by molar-refractivity contribution is 0.0341. The van der Waals surface area contributed by atoms with E-state index in [-0.39, 0.29) is 30.0 Å². The van der Waals surface area contributed by atoms with Gasteiger partial charge in [0.15, 0.2) is 5.96 Å². The minimum absolute atomic E-state index is 0. The Hall–Kier alpha value is -1.84. The molecule has 0 saturated carbocycles. The molecule has 2 heterocycles. The van der Waals surface area contributed by atoms with Gasteiger partial charge in [-0.2, -0.15) is 0 Å². The zero-order valence-corrected chi connectivity index (χ0v) is 18.9. The number of fused-ring (bicyclic) bond motifs is 1. The summed E-state index contributed by atoms with van der Waals surface area (Å²) in [6.45, 7) is 5.76. The van der Waals surface area contributed by atoms with Crippen LogP contribution in [0.1, 0.15) is 29.2 Å². The number of ether oxygens (including phenoxy) is 2. The van der Waals surface area contributed by atoms with Crippen molar-refractivity contribution in [3.05, 3.63) is 65.2 Å². The molecule has 2 aliphatic rings. The number of benzene rings is 2. The van der Waals surface area contributed by atoms with Crippen LogP contribution in [0.2, 0.25) is 0 Å². The Morgan fingerprint density at radius 2 is 1.76 bits per heavy atom. The van der Waals surface area contributed by atoms with Crippen LogP contribution in [-0.4, -0.2) is 43.8 Å². The summed E-state index contributed by atoms with van der Waals surface area (Å²) in [6, 6.07) is 16.7. The Morgan fingerprint density at radius 1 is 1.03 bits per heavy atom. The van der Waals surface area contributed by atoms with E-state index in [0.717, 1.165) is 50.6 Å². The van der Waals surface area contributed by atoms with Crippen LogP contribution in [0.25, 0.3) is 0 Å². The Kier molecular flexibility index (Phi) is 8.14. The number of nitrogens with zero attached hydrogens (tertiary/aromatic N) is 2. The molecule has 1 atom stereocenters. The van der Waals surface area contributed by atoms with Crippen molar-refractivity contribution in [3.8, 4) is 5.75 Å². The van der Waals surface area contributed by atoms with E-state index in [4.69, 9.17) is 15.2 Å². The van der Waals surface area contributed by atoms with Crippen molar-refractivity contribution in [2.75, 3.05) is 32.9 Å². The summed E-state index contributed by atoms with van der Waals surface area (Å²) >= 11 is 0. The maximum atomic E-state index is 6.21. The van der Waals surface area contributed by atoms with Crippen molar-refractivity contribution in [2.45, 2.75) is 25.6 Å². The topological polar surface area (TPSA) is 72.1 Å². The third-order valence-electron chi connectivity index (χ3n) is 5.32. The van der Waals surface area contributed by atoms with E-state index < -0.39 is 0 Å². The molecule has 1 fully saturated rings. The van der Waals surface area contributed by atoms with Gasteiger partial charge < -0.3 is 20.5 Å². The molecule has 0 amide bonds. The molecule has 1 unspecified atom stereocenters. The molecule has 1 saturated heterocycles. The van der Waals surface area contributed by atoms with Crippen molar-refractivity contribution >= 4 is 29.9 Å². The summed E-state index contributed by atoms with van der Waals surface area (Å²) in [5.41, 5.74) is 9.87. The third-order valence-corrected chi connectivity index (χ3v) is 5.32. The van der Waals surface area contributed by atoms with Crippen molar-refractivity contribution in [1.29, 1.82) is 0 Å². The van der Waals surface area contributed by atoms with Crippen LogP contribution < -0.4 is 15.8 Å². The molecule has 0 radical (unpaired) electrons. The van der Waals surface area contributed by atoms with Gasteiger partial charge in [-0.3, -0.25) is 4.90 Å². The lowest BCUT2D eigenvalue weighted by Crippen LogP contribution is -2.37. The highest BCUT2D eigenvalue weighted by Gasteiger charge is 2.21. The van der Waals surface area contributed by atoms with Gasteiger partial charge in [-0.1, -0.05) is 42.5 Å². The number of para-hydroxylation sites is 1. The number of rotatable bonds is 5. The van der Waals surface area contributed by atoms with Crippen molar-refractivity contribution in [2.24, 2.45) is 10.7 Å². The fraction of sp³-hybridized carbons (Fsp3) is 0.409. The van der Waals surface area contributed by atoms with Gasteiger partial charge in [-0.15, -0.1) is 24.0 Å². The number of hydrogen-bond acceptors (Lipinski definition) is 4. The van der Waals surface area contributed by atoms with Crippen LogP contribution in [0.15, 0.2) is 53.5 Å². The number of hydrogen-bond donors (Lipinski definition) is 2. The first-order valence-electron chi connectivity index (χ1n) is 9.94. The fourth-order valence-corrected chi connectivity index (χ4v) is 3.75. The molecule has 2 aromatic rings. The van der Waals surface area contributed by atoms with E-state index in [0.29, 0.717) is 19.1 Å². The molecule has 0 bridgehead atoms. The van der Waals surface area contributed by atoms with Gasteiger partial charge in [0.2, 0.25) is 0 Å². The first kappa shape index (κ1) is 21.9. The van der Waals surface area contributed by atoms with Crippen LogP contribution in [-0.2, 0) is 17.8 Å². The van der Waals surface area contributed by atoms with Crippen molar-refractivity contribution in [1.82, 2.24) is 10.2 Å². The summed E-state index contributed by atoms with van der Waals surface area (Å²) in [6.07, 6.45) is 0.876. The highest BCUT2D eigenvalue weighted by molar-refractivity contribution is 14.0. The molecule has 0 aliphatic carbocycles. The van der Waals surface area contributed by atoms with Gasteiger partial charge in [-0.05, 0) is 17.2 Å². The van der Waals surface area contributed by atoms with Crippen LogP contribution in [0.3, 0.4) is 0 Å². The van der Waals surface area contributed by atoms with E-state index in [1.807, 2.05) is 18.2 Å². The second-order valence-corrected chi connectivity index (χ2v) is 7.23. The first-order chi connectivity index (χ1) is 13.8. The largest absolute Gasteiger partial charge is 0.493 e. The van der Waals surface area contributed by atoms with Gasteiger partial charge in [0.25, 0.3) is 0 Å². The highest BCUT2D eigenvalue weighted by atomic mass is 127. The zero-order valence-electron chi connectivity index (χ0n) is 16.5. The number of nitrogens with two attached hydrogens (primary N) is 1. The van der Waals surface area contributed by atoms with E-state index in [1.54, 1.807) is 0 Å². The molecule has 3 N–H and O–H groups in total. The van der Waals surface area contributed by atoms with Gasteiger partial charge >= 0.3 is 0 Å². The summed E-state index contributed by atoms with van der Waals surface area (Å²) in [5.74, 6) is 1.40. The second kappa shape index (κ2) is 10.8. The number of halogens is 1. The normalized spacial score (nSPS) is 19.6. The third kappa shape index (κ3) is 5.83. The van der Waals surface area contributed by atoms with Crippen LogP contribution in [0, 0.1) is 0 Å². The monoisotopic (exact) mass is 508 g/mol. The summed E-state index contributed by atoms with van der Waals surface area (Å²) in [5, 5.41) is 3.37. The summed E-state index contributed by atoms with van der Waals surface area (Å²) < 4.78 is 11.2. The highest BCUT2D eigenvalue weighted by Crippen LogP contribution is 2.31. The standard InChI is InChI=1S/C22H28N4O2.HI/c23-22(25-20-9-12-28-21-8-4-3-7-19(20)21)24-15-17-5-1-2-6-18(17)16-26-10-13-27-14-11-26;/h1-8,20H,9-16H2,(H3,23,24,25);1H. The number of morpholine rings is 1. The summed E-state index contributed by atoms with van der Waals surface area (Å²) in [7, 11) is 0. The van der Waals surface area contributed by atoms with E-state index in [2.05, 4.69) is 45.5 Å². The molecule has 0 aromatic heterocycles. The van der Waals surface area contributed by atoms with Crippen LogP contribution >= 0.6 is 24.0 Å². The summed E-state index contributed by atoms with van der Waals surface area (Å²) in [4.78, 5) is 7.04. The molecule has 2 aromatic carbocycles. The minimum atomic E-state index is 0. The Labute approximate surface area is 189 Å². The van der Waals surface area contributed by atoms with Gasteiger partial charge in [0, 0.05) is 31.6 Å². The SMILES string of the molecule is I.NC(=NCc1ccccc1CN1CCOCC1)NC1CCOc2ccccc21. The predicted octanol–water partition coefficient (Wildman–Crippen LogP) is 3.06. The molecule has 2 aliphatic heterocycles.